The SMILES string of the molecule is Cc1cccc(C2=CC(=O)CC23C=Nc2ccccc23)c1. The van der Waals surface area contributed by atoms with Crippen molar-refractivity contribution in [3.05, 3.63) is 71.3 Å². The number of ketones is 1. The standard InChI is InChI=1S/C19H15NO/c1-13-5-4-6-14(9-13)17-10-15(21)11-19(17)12-20-18-8-3-2-7-16(18)19/h2-10,12H,11H2,1H3. The zero-order chi connectivity index (χ0) is 14.4. The fourth-order valence-electron chi connectivity index (χ4n) is 3.43. The summed E-state index contributed by atoms with van der Waals surface area (Å²) in [6.45, 7) is 2.07. The maximum absolute atomic E-state index is 12.1. The Morgan fingerprint density at radius 3 is 2.81 bits per heavy atom. The van der Waals surface area contributed by atoms with Crippen molar-refractivity contribution < 1.29 is 4.79 Å². The van der Waals surface area contributed by atoms with Gasteiger partial charge in [-0.25, -0.2) is 0 Å². The molecule has 1 unspecified atom stereocenters. The minimum absolute atomic E-state index is 0.176. The lowest BCUT2D eigenvalue weighted by molar-refractivity contribution is -0.114. The predicted molar refractivity (Wildman–Crippen MR) is 85.1 cm³/mol. The molecule has 1 atom stereocenters. The molecule has 2 aliphatic rings. The Morgan fingerprint density at radius 2 is 1.95 bits per heavy atom. The lowest BCUT2D eigenvalue weighted by atomic mass is 9.74. The van der Waals surface area contributed by atoms with Crippen LogP contribution in [0.4, 0.5) is 5.69 Å². The second-order valence-corrected chi connectivity index (χ2v) is 5.82. The van der Waals surface area contributed by atoms with Gasteiger partial charge in [-0.15, -0.1) is 0 Å². The Bertz CT molecular complexity index is 816. The molecule has 0 saturated heterocycles. The van der Waals surface area contributed by atoms with Gasteiger partial charge in [-0.2, -0.15) is 0 Å². The molecule has 0 bridgehead atoms. The van der Waals surface area contributed by atoms with E-state index >= 15 is 0 Å². The van der Waals surface area contributed by atoms with Crippen molar-refractivity contribution in [2.24, 2.45) is 4.99 Å². The molecule has 0 aromatic heterocycles. The largest absolute Gasteiger partial charge is 0.295 e. The zero-order valence-corrected chi connectivity index (χ0v) is 11.8. The third-order valence-corrected chi connectivity index (χ3v) is 4.38. The van der Waals surface area contributed by atoms with E-state index in [0.717, 1.165) is 22.4 Å². The van der Waals surface area contributed by atoms with Crippen molar-refractivity contribution in [2.75, 3.05) is 0 Å². The number of hydrogen-bond donors (Lipinski definition) is 0. The molecule has 2 heteroatoms. The quantitative estimate of drug-likeness (QED) is 0.772. The second kappa shape index (κ2) is 4.26. The van der Waals surface area contributed by atoms with Crippen LogP contribution in [0.2, 0.25) is 0 Å². The monoisotopic (exact) mass is 273 g/mol. The molecule has 0 fully saturated rings. The highest BCUT2D eigenvalue weighted by molar-refractivity contribution is 6.15. The van der Waals surface area contributed by atoms with Crippen LogP contribution in [0.25, 0.3) is 5.57 Å². The molecule has 1 aliphatic heterocycles. The normalized spacial score (nSPS) is 22.7. The van der Waals surface area contributed by atoms with Gasteiger partial charge in [0.25, 0.3) is 0 Å². The summed E-state index contributed by atoms with van der Waals surface area (Å²) in [5.41, 5.74) is 5.14. The zero-order valence-electron chi connectivity index (χ0n) is 11.8. The minimum Gasteiger partial charge on any atom is -0.295 e. The van der Waals surface area contributed by atoms with Crippen LogP contribution in [0.5, 0.6) is 0 Å². The number of fused-ring (bicyclic) bond motifs is 2. The van der Waals surface area contributed by atoms with Crippen molar-refractivity contribution in [2.45, 2.75) is 18.8 Å². The van der Waals surface area contributed by atoms with Gasteiger partial charge in [-0.3, -0.25) is 9.79 Å². The molecule has 0 radical (unpaired) electrons. The molecule has 2 aromatic carbocycles. The number of rotatable bonds is 1. The van der Waals surface area contributed by atoms with Gasteiger partial charge in [-0.05, 0) is 35.8 Å². The number of allylic oxidation sites excluding steroid dienone is 2. The first-order valence-corrected chi connectivity index (χ1v) is 7.16. The highest BCUT2D eigenvalue weighted by atomic mass is 16.1. The highest BCUT2D eigenvalue weighted by Crippen LogP contribution is 2.50. The third kappa shape index (κ3) is 1.72. The van der Waals surface area contributed by atoms with Crippen molar-refractivity contribution in [1.82, 2.24) is 0 Å². The maximum atomic E-state index is 12.1. The summed E-state index contributed by atoms with van der Waals surface area (Å²) in [5.74, 6) is 0.176. The van der Waals surface area contributed by atoms with E-state index in [1.165, 1.54) is 5.56 Å². The van der Waals surface area contributed by atoms with Crippen molar-refractivity contribution in [1.29, 1.82) is 0 Å². The van der Waals surface area contributed by atoms with Gasteiger partial charge in [0.15, 0.2) is 5.78 Å². The van der Waals surface area contributed by atoms with Crippen LogP contribution in [0.15, 0.2) is 59.6 Å². The number of aliphatic imine (C=N–C) groups is 1. The van der Waals surface area contributed by atoms with E-state index in [9.17, 15) is 4.79 Å². The number of carbonyl (C=O) groups excluding carboxylic acids is 1. The van der Waals surface area contributed by atoms with Gasteiger partial charge >= 0.3 is 0 Å². The Labute approximate surface area is 123 Å². The molecule has 102 valence electrons. The fraction of sp³-hybridized carbons (Fsp3) is 0.158. The van der Waals surface area contributed by atoms with Gasteiger partial charge in [0.1, 0.15) is 0 Å². The van der Waals surface area contributed by atoms with Crippen LogP contribution in [-0.2, 0) is 10.2 Å². The van der Waals surface area contributed by atoms with Gasteiger partial charge in [0.2, 0.25) is 0 Å². The van der Waals surface area contributed by atoms with Crippen LogP contribution in [0, 0.1) is 6.92 Å². The number of para-hydroxylation sites is 1. The van der Waals surface area contributed by atoms with Crippen LogP contribution in [-0.4, -0.2) is 12.0 Å². The van der Waals surface area contributed by atoms with Crippen molar-refractivity contribution in [3.8, 4) is 0 Å². The van der Waals surface area contributed by atoms with Crippen molar-refractivity contribution >= 4 is 23.3 Å². The van der Waals surface area contributed by atoms with Gasteiger partial charge in [0.05, 0.1) is 11.1 Å². The van der Waals surface area contributed by atoms with E-state index in [2.05, 4.69) is 36.2 Å². The number of benzene rings is 2. The molecule has 0 saturated carbocycles. The van der Waals surface area contributed by atoms with E-state index in [0.29, 0.717) is 6.42 Å². The molecular weight excluding hydrogens is 258 g/mol. The summed E-state index contributed by atoms with van der Waals surface area (Å²) in [7, 11) is 0. The van der Waals surface area contributed by atoms with Crippen LogP contribution in [0.1, 0.15) is 23.1 Å². The topological polar surface area (TPSA) is 29.4 Å². The molecule has 1 spiro atoms. The minimum atomic E-state index is -0.374. The molecule has 0 amide bonds. The molecular formula is C19H15NO. The Hall–Kier alpha value is -2.48. The van der Waals surface area contributed by atoms with Gasteiger partial charge in [-0.1, -0.05) is 48.0 Å². The molecule has 2 nitrogen and oxygen atoms in total. The molecule has 1 aliphatic carbocycles. The smallest absolute Gasteiger partial charge is 0.157 e. The van der Waals surface area contributed by atoms with Gasteiger partial charge < -0.3 is 0 Å². The molecule has 21 heavy (non-hydrogen) atoms. The van der Waals surface area contributed by atoms with E-state index in [4.69, 9.17) is 0 Å². The lowest BCUT2D eigenvalue weighted by Gasteiger charge is -2.25. The predicted octanol–water partition coefficient (Wildman–Crippen LogP) is 4.01. The summed E-state index contributed by atoms with van der Waals surface area (Å²) >= 11 is 0. The van der Waals surface area contributed by atoms with Crippen LogP contribution < -0.4 is 0 Å². The number of nitrogens with zero attached hydrogens (tertiary/aromatic N) is 1. The Balaban J connectivity index is 1.93. The van der Waals surface area contributed by atoms with E-state index in [-0.39, 0.29) is 11.2 Å². The fourth-order valence-corrected chi connectivity index (χ4v) is 3.43. The summed E-state index contributed by atoms with van der Waals surface area (Å²) in [5, 5.41) is 0. The maximum Gasteiger partial charge on any atom is 0.157 e. The van der Waals surface area contributed by atoms with Crippen molar-refractivity contribution in [3.63, 3.8) is 0 Å². The first kappa shape index (κ1) is 12.3. The molecule has 4 rings (SSSR count). The Kier molecular flexibility index (Phi) is 2.49. The number of carbonyl (C=O) groups is 1. The number of aryl methyl sites for hydroxylation is 1. The Morgan fingerprint density at radius 1 is 1.10 bits per heavy atom. The molecule has 2 aromatic rings. The number of hydrogen-bond acceptors (Lipinski definition) is 2. The lowest BCUT2D eigenvalue weighted by Crippen LogP contribution is -2.25. The van der Waals surface area contributed by atoms with Gasteiger partial charge in [0, 0.05) is 12.6 Å². The molecule has 0 N–H and O–H groups in total. The van der Waals surface area contributed by atoms with E-state index in [1.807, 2.05) is 30.5 Å². The average Bonchev–Trinajstić information content (AvgIpc) is 3.02. The second-order valence-electron chi connectivity index (χ2n) is 5.82. The average molecular weight is 273 g/mol. The van der Waals surface area contributed by atoms with Crippen LogP contribution in [0.3, 0.4) is 0 Å². The summed E-state index contributed by atoms with van der Waals surface area (Å²) < 4.78 is 0. The van der Waals surface area contributed by atoms with E-state index in [1.54, 1.807) is 6.08 Å². The summed E-state index contributed by atoms with van der Waals surface area (Å²) in [4.78, 5) is 16.7. The first-order chi connectivity index (χ1) is 10.2. The van der Waals surface area contributed by atoms with E-state index < -0.39 is 0 Å². The molecule has 1 heterocycles. The third-order valence-electron chi connectivity index (χ3n) is 4.38. The first-order valence-electron chi connectivity index (χ1n) is 7.16. The highest BCUT2D eigenvalue weighted by Gasteiger charge is 2.45. The summed E-state index contributed by atoms with van der Waals surface area (Å²) in [6.07, 6.45) is 4.23. The summed E-state index contributed by atoms with van der Waals surface area (Å²) in [6, 6.07) is 16.4. The van der Waals surface area contributed by atoms with Crippen LogP contribution >= 0.6 is 0 Å².